The lowest BCUT2D eigenvalue weighted by Gasteiger charge is -2.08. The van der Waals surface area contributed by atoms with Gasteiger partial charge in [0.15, 0.2) is 0 Å². The first-order chi connectivity index (χ1) is 6.81. The molecule has 0 saturated carbocycles. The first kappa shape index (κ1) is 14.4. The lowest BCUT2D eigenvalue weighted by atomic mass is 10.2. The molecule has 0 fully saturated rings. The first-order valence-electron chi connectivity index (χ1n) is 5.01. The predicted octanol–water partition coefficient (Wildman–Crippen LogP) is 2.09. The molecule has 4 heteroatoms. The van der Waals surface area contributed by atoms with Gasteiger partial charge in [0.05, 0.1) is 19.8 Å². The molecule has 0 spiro atoms. The van der Waals surface area contributed by atoms with E-state index in [1.165, 1.54) is 0 Å². The quantitative estimate of drug-likeness (QED) is 0.449. The lowest BCUT2D eigenvalue weighted by molar-refractivity contribution is 0.0320. The van der Waals surface area contributed by atoms with E-state index >= 15 is 0 Å². The van der Waals surface area contributed by atoms with Crippen molar-refractivity contribution in [3.63, 3.8) is 0 Å². The van der Waals surface area contributed by atoms with Gasteiger partial charge in [0.2, 0.25) is 0 Å². The average Bonchev–Trinajstić information content (AvgIpc) is 2.21. The minimum atomic E-state index is 0.573. The summed E-state index contributed by atoms with van der Waals surface area (Å²) in [6.45, 7) is 5.83. The Morgan fingerprint density at radius 1 is 1.07 bits per heavy atom. The van der Waals surface area contributed by atoms with E-state index in [-0.39, 0.29) is 0 Å². The summed E-state index contributed by atoms with van der Waals surface area (Å²) >= 11 is 3.40. The van der Waals surface area contributed by atoms with Crippen molar-refractivity contribution in [1.82, 2.24) is 0 Å². The van der Waals surface area contributed by atoms with Crippen LogP contribution in [-0.2, 0) is 14.2 Å². The highest BCUT2D eigenvalue weighted by atomic mass is 79.9. The van der Waals surface area contributed by atoms with E-state index in [4.69, 9.17) is 14.2 Å². The molecule has 1 unspecified atom stereocenters. The van der Waals surface area contributed by atoms with Crippen LogP contribution >= 0.6 is 15.9 Å². The maximum absolute atomic E-state index is 5.41. The molecule has 1 atom stereocenters. The zero-order valence-corrected chi connectivity index (χ0v) is 10.7. The van der Waals surface area contributed by atoms with Gasteiger partial charge in [0.25, 0.3) is 0 Å². The fraction of sp³-hybridized carbons (Fsp3) is 1.00. The topological polar surface area (TPSA) is 27.7 Å². The molecule has 14 heavy (non-hydrogen) atoms. The molecule has 3 nitrogen and oxygen atoms in total. The van der Waals surface area contributed by atoms with Crippen LogP contribution in [0.1, 0.15) is 13.3 Å². The Morgan fingerprint density at radius 2 is 1.79 bits per heavy atom. The number of rotatable bonds is 10. The normalized spacial score (nSPS) is 13.1. The van der Waals surface area contributed by atoms with E-state index < -0.39 is 0 Å². The SMILES string of the molecule is COCCCOCCOCC(C)CBr. The van der Waals surface area contributed by atoms with Crippen molar-refractivity contribution in [2.75, 3.05) is 45.5 Å². The minimum Gasteiger partial charge on any atom is -0.385 e. The van der Waals surface area contributed by atoms with Crippen LogP contribution in [-0.4, -0.2) is 45.5 Å². The molecule has 0 aromatic rings. The molecule has 0 heterocycles. The van der Waals surface area contributed by atoms with E-state index in [1.807, 2.05) is 0 Å². The van der Waals surface area contributed by atoms with Crippen LogP contribution < -0.4 is 0 Å². The van der Waals surface area contributed by atoms with E-state index in [1.54, 1.807) is 7.11 Å². The molecule has 0 N–H and O–H groups in total. The largest absolute Gasteiger partial charge is 0.385 e. The fourth-order valence-corrected chi connectivity index (χ4v) is 1.04. The van der Waals surface area contributed by atoms with Gasteiger partial charge in [0.1, 0.15) is 0 Å². The number of halogens is 1. The van der Waals surface area contributed by atoms with Crippen molar-refractivity contribution in [3.05, 3.63) is 0 Å². The van der Waals surface area contributed by atoms with Crippen LogP contribution in [0.5, 0.6) is 0 Å². The van der Waals surface area contributed by atoms with Crippen molar-refractivity contribution in [2.24, 2.45) is 5.92 Å². The third-order valence-corrected chi connectivity index (χ3v) is 2.78. The van der Waals surface area contributed by atoms with Crippen LogP contribution in [0.4, 0.5) is 0 Å². The van der Waals surface area contributed by atoms with E-state index in [9.17, 15) is 0 Å². The van der Waals surface area contributed by atoms with Gasteiger partial charge in [-0.15, -0.1) is 0 Å². The van der Waals surface area contributed by atoms with E-state index in [0.717, 1.165) is 31.6 Å². The summed E-state index contributed by atoms with van der Waals surface area (Å²) in [4.78, 5) is 0. The Labute approximate surface area is 95.2 Å². The number of alkyl halides is 1. The summed E-state index contributed by atoms with van der Waals surface area (Å²) in [6, 6.07) is 0. The number of hydrogen-bond acceptors (Lipinski definition) is 3. The van der Waals surface area contributed by atoms with Crippen molar-refractivity contribution >= 4 is 15.9 Å². The molecule has 0 amide bonds. The highest BCUT2D eigenvalue weighted by molar-refractivity contribution is 9.09. The van der Waals surface area contributed by atoms with Crippen molar-refractivity contribution in [3.8, 4) is 0 Å². The number of hydrogen-bond donors (Lipinski definition) is 0. The monoisotopic (exact) mass is 268 g/mol. The summed E-state index contributed by atoms with van der Waals surface area (Å²) in [5, 5.41) is 0.988. The van der Waals surface area contributed by atoms with Crippen molar-refractivity contribution < 1.29 is 14.2 Å². The summed E-state index contributed by atoms with van der Waals surface area (Å²) in [6.07, 6.45) is 0.953. The van der Waals surface area contributed by atoms with Crippen LogP contribution in [0.25, 0.3) is 0 Å². The van der Waals surface area contributed by atoms with Crippen LogP contribution in [0.15, 0.2) is 0 Å². The van der Waals surface area contributed by atoms with Crippen LogP contribution in [0.2, 0.25) is 0 Å². The Bertz CT molecular complexity index is 112. The molecular formula is C10H21BrO3. The lowest BCUT2D eigenvalue weighted by Crippen LogP contribution is -2.12. The van der Waals surface area contributed by atoms with Gasteiger partial charge in [-0.3, -0.25) is 0 Å². The Morgan fingerprint density at radius 3 is 2.43 bits per heavy atom. The second kappa shape index (κ2) is 11.4. The minimum absolute atomic E-state index is 0.573. The summed E-state index contributed by atoms with van der Waals surface area (Å²) in [5.74, 6) is 0.573. The van der Waals surface area contributed by atoms with Gasteiger partial charge in [-0.25, -0.2) is 0 Å². The molecule has 0 aliphatic rings. The van der Waals surface area contributed by atoms with Gasteiger partial charge in [-0.2, -0.15) is 0 Å². The van der Waals surface area contributed by atoms with Crippen molar-refractivity contribution in [2.45, 2.75) is 13.3 Å². The maximum Gasteiger partial charge on any atom is 0.0700 e. The van der Waals surface area contributed by atoms with Crippen molar-refractivity contribution in [1.29, 1.82) is 0 Å². The molecule has 0 bridgehead atoms. The zero-order chi connectivity index (χ0) is 10.6. The summed E-state index contributed by atoms with van der Waals surface area (Å²) in [5.41, 5.74) is 0. The van der Waals surface area contributed by atoms with Gasteiger partial charge < -0.3 is 14.2 Å². The maximum atomic E-state index is 5.41. The summed E-state index contributed by atoms with van der Waals surface area (Å²) in [7, 11) is 1.70. The molecule has 0 aromatic heterocycles. The van der Waals surface area contributed by atoms with Gasteiger partial charge in [-0.1, -0.05) is 22.9 Å². The van der Waals surface area contributed by atoms with Crippen LogP contribution in [0, 0.1) is 5.92 Å². The molecule has 0 rings (SSSR count). The Hall–Kier alpha value is 0.360. The van der Waals surface area contributed by atoms with Crippen LogP contribution in [0.3, 0.4) is 0 Å². The summed E-state index contributed by atoms with van der Waals surface area (Å²) < 4.78 is 15.6. The molecule has 0 aliphatic carbocycles. The molecule has 0 radical (unpaired) electrons. The standard InChI is InChI=1S/C10H21BrO3/c1-10(8-11)9-14-7-6-13-5-3-4-12-2/h10H,3-9H2,1-2H3. The predicted molar refractivity (Wildman–Crippen MR) is 61.1 cm³/mol. The third kappa shape index (κ3) is 10.4. The average molecular weight is 269 g/mol. The molecule has 0 aliphatic heterocycles. The third-order valence-electron chi connectivity index (χ3n) is 1.67. The second-order valence-corrected chi connectivity index (χ2v) is 3.94. The smallest absolute Gasteiger partial charge is 0.0700 e. The van der Waals surface area contributed by atoms with E-state index in [0.29, 0.717) is 19.1 Å². The second-order valence-electron chi connectivity index (χ2n) is 3.29. The first-order valence-corrected chi connectivity index (χ1v) is 6.13. The number of methoxy groups -OCH3 is 1. The molecular weight excluding hydrogens is 248 g/mol. The molecule has 86 valence electrons. The van der Waals surface area contributed by atoms with E-state index in [2.05, 4.69) is 22.9 Å². The van der Waals surface area contributed by atoms with Gasteiger partial charge in [-0.05, 0) is 12.3 Å². The zero-order valence-electron chi connectivity index (χ0n) is 9.13. The Kier molecular flexibility index (Phi) is 11.7. The Balaban J connectivity index is 2.92. The number of ether oxygens (including phenoxy) is 3. The highest BCUT2D eigenvalue weighted by Gasteiger charge is 1.98. The highest BCUT2D eigenvalue weighted by Crippen LogP contribution is 1.99. The molecule has 0 aromatic carbocycles. The van der Waals surface area contributed by atoms with Gasteiger partial charge >= 0.3 is 0 Å². The van der Waals surface area contributed by atoms with Gasteiger partial charge in [0, 0.05) is 25.7 Å². The molecule has 0 saturated heterocycles. The fourth-order valence-electron chi connectivity index (χ4n) is 0.854.